The van der Waals surface area contributed by atoms with Crippen molar-refractivity contribution >= 4 is 12.0 Å². The summed E-state index contributed by atoms with van der Waals surface area (Å²) in [6.45, 7) is 10.3. The molecule has 22 heavy (non-hydrogen) atoms. The molecule has 0 aromatic heterocycles. The summed E-state index contributed by atoms with van der Waals surface area (Å²) < 4.78 is 0. The van der Waals surface area contributed by atoms with E-state index in [4.69, 9.17) is 0 Å². The molecule has 3 nitrogen and oxygen atoms in total. The molecule has 0 N–H and O–H groups in total. The molecule has 1 aliphatic heterocycles. The Morgan fingerprint density at radius 2 is 1.77 bits per heavy atom. The fraction of sp³-hybridized carbons (Fsp3) is 0.526. The van der Waals surface area contributed by atoms with Crippen LogP contribution in [0.5, 0.6) is 0 Å². The quantitative estimate of drug-likeness (QED) is 0.796. The van der Waals surface area contributed by atoms with Crippen LogP contribution >= 0.6 is 0 Å². The highest BCUT2D eigenvalue weighted by molar-refractivity contribution is 6.00. The van der Waals surface area contributed by atoms with Crippen LogP contribution in [0.1, 0.15) is 37.5 Å². The highest BCUT2D eigenvalue weighted by Crippen LogP contribution is 2.31. The van der Waals surface area contributed by atoms with Crippen LogP contribution in [0.2, 0.25) is 0 Å². The van der Waals surface area contributed by atoms with E-state index in [1.54, 1.807) is 0 Å². The van der Waals surface area contributed by atoms with Gasteiger partial charge in [0, 0.05) is 38.2 Å². The Labute approximate surface area is 133 Å². The molecule has 118 valence electrons. The number of nitrogens with zero attached hydrogens (tertiary/aromatic N) is 2. The SMILES string of the molecule is CN1CCN(C(=O)C2=Cc3cc(C(C)(C)C)ccc3C2)CC1. The summed E-state index contributed by atoms with van der Waals surface area (Å²) in [5.74, 6) is 0.224. The first-order chi connectivity index (χ1) is 10.3. The van der Waals surface area contributed by atoms with Crippen molar-refractivity contribution < 1.29 is 4.79 Å². The van der Waals surface area contributed by atoms with Crippen LogP contribution in [0.4, 0.5) is 0 Å². The summed E-state index contributed by atoms with van der Waals surface area (Å²) in [6, 6.07) is 6.65. The van der Waals surface area contributed by atoms with E-state index in [0.717, 1.165) is 38.2 Å². The van der Waals surface area contributed by atoms with Gasteiger partial charge in [-0.1, -0.05) is 39.0 Å². The molecule has 1 aromatic carbocycles. The number of likely N-dealkylation sites (N-methyl/N-ethyl adjacent to an activating group) is 1. The standard InChI is InChI=1S/C19H26N2O/c1-19(2,3)17-6-5-14-11-16(12-15(14)13-17)18(22)21-9-7-20(4)8-10-21/h5-6,12-13H,7-11H2,1-4H3. The average molecular weight is 298 g/mol. The summed E-state index contributed by atoms with van der Waals surface area (Å²) in [5.41, 5.74) is 4.93. The molecule has 0 spiro atoms. The van der Waals surface area contributed by atoms with Gasteiger partial charge in [0.1, 0.15) is 0 Å². The maximum absolute atomic E-state index is 12.7. The minimum Gasteiger partial charge on any atom is -0.336 e. The van der Waals surface area contributed by atoms with Crippen molar-refractivity contribution in [1.29, 1.82) is 0 Å². The molecule has 2 aliphatic rings. The van der Waals surface area contributed by atoms with Crippen molar-refractivity contribution in [3.63, 3.8) is 0 Å². The third kappa shape index (κ3) is 2.95. The Bertz CT molecular complexity index is 617. The van der Waals surface area contributed by atoms with Crippen LogP contribution < -0.4 is 0 Å². The molecule has 3 rings (SSSR count). The highest BCUT2D eigenvalue weighted by atomic mass is 16.2. The lowest BCUT2D eigenvalue weighted by Gasteiger charge is -2.32. The van der Waals surface area contributed by atoms with Gasteiger partial charge in [0.25, 0.3) is 0 Å². The van der Waals surface area contributed by atoms with Crippen LogP contribution in [0, 0.1) is 0 Å². The number of hydrogen-bond donors (Lipinski definition) is 0. The second-order valence-electron chi connectivity index (χ2n) is 7.61. The van der Waals surface area contributed by atoms with Gasteiger partial charge in [0.05, 0.1) is 0 Å². The fourth-order valence-electron chi connectivity index (χ4n) is 3.15. The smallest absolute Gasteiger partial charge is 0.250 e. The molecule has 3 heteroatoms. The van der Waals surface area contributed by atoms with Crippen molar-refractivity contribution in [2.24, 2.45) is 0 Å². The van der Waals surface area contributed by atoms with Crippen LogP contribution in [-0.4, -0.2) is 48.9 Å². The number of carbonyl (C=O) groups excluding carboxylic acids is 1. The van der Waals surface area contributed by atoms with E-state index >= 15 is 0 Å². The number of piperazine rings is 1. The van der Waals surface area contributed by atoms with Crippen LogP contribution in [0.25, 0.3) is 6.08 Å². The van der Waals surface area contributed by atoms with Gasteiger partial charge < -0.3 is 9.80 Å². The number of amides is 1. The van der Waals surface area contributed by atoms with Crippen molar-refractivity contribution in [2.75, 3.05) is 33.2 Å². The lowest BCUT2D eigenvalue weighted by atomic mass is 9.85. The molecule has 1 aromatic rings. The predicted molar refractivity (Wildman–Crippen MR) is 90.9 cm³/mol. The molecule has 1 saturated heterocycles. The van der Waals surface area contributed by atoms with Crippen LogP contribution in [0.3, 0.4) is 0 Å². The van der Waals surface area contributed by atoms with Crippen LogP contribution in [-0.2, 0) is 16.6 Å². The zero-order valence-corrected chi connectivity index (χ0v) is 14.1. The molecule has 1 aliphatic carbocycles. The van der Waals surface area contributed by atoms with E-state index in [9.17, 15) is 4.79 Å². The highest BCUT2D eigenvalue weighted by Gasteiger charge is 2.26. The third-order valence-corrected chi connectivity index (χ3v) is 4.79. The van der Waals surface area contributed by atoms with Gasteiger partial charge in [-0.2, -0.15) is 0 Å². The van der Waals surface area contributed by atoms with E-state index in [0.29, 0.717) is 0 Å². The maximum Gasteiger partial charge on any atom is 0.250 e. The minimum atomic E-state index is 0.146. The van der Waals surface area contributed by atoms with Gasteiger partial charge >= 0.3 is 0 Å². The van der Waals surface area contributed by atoms with E-state index < -0.39 is 0 Å². The molecule has 1 amide bonds. The third-order valence-electron chi connectivity index (χ3n) is 4.79. The molecule has 0 atom stereocenters. The van der Waals surface area contributed by atoms with Crippen molar-refractivity contribution in [2.45, 2.75) is 32.6 Å². The normalized spacial score (nSPS) is 19.1. The Kier molecular flexibility index (Phi) is 3.85. The Hall–Kier alpha value is -1.61. The molecule has 1 heterocycles. The minimum absolute atomic E-state index is 0.146. The van der Waals surface area contributed by atoms with Gasteiger partial charge in [-0.25, -0.2) is 0 Å². The topological polar surface area (TPSA) is 23.6 Å². The second kappa shape index (κ2) is 5.54. The Morgan fingerprint density at radius 1 is 1.09 bits per heavy atom. The van der Waals surface area contributed by atoms with E-state index in [1.807, 2.05) is 4.90 Å². The van der Waals surface area contributed by atoms with E-state index in [1.165, 1.54) is 16.7 Å². The maximum atomic E-state index is 12.7. The number of hydrogen-bond acceptors (Lipinski definition) is 2. The zero-order chi connectivity index (χ0) is 15.9. The molecule has 0 bridgehead atoms. The summed E-state index contributed by atoms with van der Waals surface area (Å²) in [4.78, 5) is 17.0. The van der Waals surface area contributed by atoms with Gasteiger partial charge in [0.2, 0.25) is 5.91 Å². The first kappa shape index (κ1) is 15.3. The van der Waals surface area contributed by atoms with Crippen molar-refractivity contribution in [1.82, 2.24) is 9.80 Å². The van der Waals surface area contributed by atoms with E-state index in [-0.39, 0.29) is 11.3 Å². The lowest BCUT2D eigenvalue weighted by molar-refractivity contribution is -0.128. The molecule has 0 saturated carbocycles. The number of carbonyl (C=O) groups is 1. The first-order valence-electron chi connectivity index (χ1n) is 8.16. The van der Waals surface area contributed by atoms with Crippen molar-refractivity contribution in [3.05, 3.63) is 40.5 Å². The predicted octanol–water partition coefficient (Wildman–Crippen LogP) is 2.70. The molecular formula is C19H26N2O. The summed E-state index contributed by atoms with van der Waals surface area (Å²) >= 11 is 0. The molecule has 0 unspecified atom stereocenters. The van der Waals surface area contributed by atoms with Crippen molar-refractivity contribution in [3.8, 4) is 0 Å². The Morgan fingerprint density at radius 3 is 2.41 bits per heavy atom. The molecule has 0 radical (unpaired) electrons. The first-order valence-corrected chi connectivity index (χ1v) is 8.16. The van der Waals surface area contributed by atoms with E-state index in [2.05, 4.69) is 57.0 Å². The lowest BCUT2D eigenvalue weighted by Crippen LogP contribution is -2.47. The second-order valence-corrected chi connectivity index (χ2v) is 7.61. The van der Waals surface area contributed by atoms with Gasteiger partial charge in [-0.3, -0.25) is 4.79 Å². The Balaban J connectivity index is 1.78. The van der Waals surface area contributed by atoms with Crippen LogP contribution in [0.15, 0.2) is 23.8 Å². The fourth-order valence-corrected chi connectivity index (χ4v) is 3.15. The summed E-state index contributed by atoms with van der Waals surface area (Å²) in [6.07, 6.45) is 2.89. The number of fused-ring (bicyclic) bond motifs is 1. The molecule has 1 fully saturated rings. The average Bonchev–Trinajstić information content (AvgIpc) is 2.89. The molecular weight excluding hydrogens is 272 g/mol. The number of benzene rings is 1. The summed E-state index contributed by atoms with van der Waals surface area (Å²) in [7, 11) is 2.11. The van der Waals surface area contributed by atoms with Gasteiger partial charge in [-0.15, -0.1) is 0 Å². The van der Waals surface area contributed by atoms with Gasteiger partial charge in [-0.05, 0) is 35.2 Å². The number of rotatable bonds is 1. The summed E-state index contributed by atoms with van der Waals surface area (Å²) in [5, 5.41) is 0. The van der Waals surface area contributed by atoms with Gasteiger partial charge in [0.15, 0.2) is 0 Å². The monoisotopic (exact) mass is 298 g/mol. The largest absolute Gasteiger partial charge is 0.336 e. The zero-order valence-electron chi connectivity index (χ0n) is 14.1.